The van der Waals surface area contributed by atoms with E-state index in [0.29, 0.717) is 5.52 Å². The topological polar surface area (TPSA) is 61.4 Å². The van der Waals surface area contributed by atoms with Crippen molar-refractivity contribution in [1.82, 2.24) is 4.57 Å². The monoisotopic (exact) mass is 351 g/mol. The highest BCUT2D eigenvalue weighted by Crippen LogP contribution is 2.30. The number of fused-ring (bicyclic) bond motifs is 1. The molecule has 0 radical (unpaired) electrons. The molecule has 0 spiro atoms. The number of hydrogen-bond acceptors (Lipinski definition) is 4. The molecule has 0 saturated carbocycles. The number of ether oxygens (including phenoxy) is 1. The Labute approximate surface area is 139 Å². The van der Waals surface area contributed by atoms with Gasteiger partial charge in [-0.25, -0.2) is 4.79 Å². The van der Waals surface area contributed by atoms with Crippen molar-refractivity contribution in [2.75, 3.05) is 0 Å². The first-order valence-electron chi connectivity index (χ1n) is 7.22. The van der Waals surface area contributed by atoms with Crippen LogP contribution in [0.25, 0.3) is 11.1 Å². The Morgan fingerprint density at radius 1 is 1.20 bits per heavy atom. The number of benzene rings is 2. The van der Waals surface area contributed by atoms with Crippen molar-refractivity contribution < 1.29 is 27.1 Å². The Bertz CT molecular complexity index is 1000. The molecule has 0 bridgehead atoms. The summed E-state index contributed by atoms with van der Waals surface area (Å²) in [6.45, 7) is 1.12. The minimum Gasteiger partial charge on any atom is -0.427 e. The highest BCUT2D eigenvalue weighted by molar-refractivity contribution is 5.77. The van der Waals surface area contributed by atoms with E-state index in [2.05, 4.69) is 0 Å². The van der Waals surface area contributed by atoms with Crippen molar-refractivity contribution in [2.24, 2.45) is 0 Å². The summed E-state index contributed by atoms with van der Waals surface area (Å²) in [5, 5.41) is 0. The smallest absolute Gasteiger partial charge is 0.420 e. The lowest BCUT2D eigenvalue weighted by Gasteiger charge is -2.09. The van der Waals surface area contributed by atoms with Gasteiger partial charge < -0.3 is 9.15 Å². The van der Waals surface area contributed by atoms with Crippen LogP contribution in [0.4, 0.5) is 13.2 Å². The van der Waals surface area contributed by atoms with Gasteiger partial charge in [0.15, 0.2) is 5.58 Å². The van der Waals surface area contributed by atoms with Gasteiger partial charge >= 0.3 is 17.9 Å². The SMILES string of the molecule is CC(=O)Oc1ccc2oc(=O)n(Cc3cccc(C(F)(F)F)c3)c2c1. The maximum atomic E-state index is 12.8. The summed E-state index contributed by atoms with van der Waals surface area (Å²) in [5.41, 5.74) is 0.0537. The molecule has 0 saturated heterocycles. The summed E-state index contributed by atoms with van der Waals surface area (Å²) < 4.78 is 49.7. The van der Waals surface area contributed by atoms with Gasteiger partial charge in [-0.3, -0.25) is 9.36 Å². The first kappa shape index (κ1) is 16.8. The summed E-state index contributed by atoms with van der Waals surface area (Å²) in [6, 6.07) is 9.03. The van der Waals surface area contributed by atoms with Crippen molar-refractivity contribution in [3.05, 3.63) is 64.1 Å². The number of esters is 1. The predicted molar refractivity (Wildman–Crippen MR) is 82.3 cm³/mol. The second-order valence-electron chi connectivity index (χ2n) is 5.38. The van der Waals surface area contributed by atoms with Crippen LogP contribution in [0.15, 0.2) is 51.7 Å². The molecule has 5 nitrogen and oxygen atoms in total. The van der Waals surface area contributed by atoms with Gasteiger partial charge in [-0.15, -0.1) is 0 Å². The molecule has 0 fully saturated rings. The Hall–Kier alpha value is -3.03. The molecule has 0 unspecified atom stereocenters. The fourth-order valence-corrected chi connectivity index (χ4v) is 2.45. The largest absolute Gasteiger partial charge is 0.427 e. The fraction of sp³-hybridized carbons (Fsp3) is 0.176. The molecular weight excluding hydrogens is 339 g/mol. The van der Waals surface area contributed by atoms with E-state index in [0.717, 1.165) is 12.1 Å². The van der Waals surface area contributed by atoms with Gasteiger partial charge in [0.25, 0.3) is 0 Å². The zero-order valence-corrected chi connectivity index (χ0v) is 13.0. The van der Waals surface area contributed by atoms with Crippen LogP contribution < -0.4 is 10.5 Å². The summed E-state index contributed by atoms with van der Waals surface area (Å²) in [5.74, 6) is -1.04. The van der Waals surface area contributed by atoms with Gasteiger partial charge in [0.05, 0.1) is 17.6 Å². The second-order valence-corrected chi connectivity index (χ2v) is 5.38. The highest BCUT2D eigenvalue weighted by atomic mass is 19.4. The molecule has 25 heavy (non-hydrogen) atoms. The summed E-state index contributed by atoms with van der Waals surface area (Å²) in [4.78, 5) is 23.1. The molecule has 130 valence electrons. The Morgan fingerprint density at radius 2 is 1.96 bits per heavy atom. The molecule has 1 aromatic heterocycles. The number of rotatable bonds is 3. The lowest BCUT2D eigenvalue weighted by atomic mass is 10.1. The zero-order chi connectivity index (χ0) is 18.2. The third-order valence-electron chi connectivity index (χ3n) is 3.50. The third-order valence-corrected chi connectivity index (χ3v) is 3.50. The van der Waals surface area contributed by atoms with Crippen LogP contribution >= 0.6 is 0 Å². The average molecular weight is 351 g/mol. The van der Waals surface area contributed by atoms with Crippen molar-refractivity contribution in [1.29, 1.82) is 0 Å². The van der Waals surface area contributed by atoms with Crippen LogP contribution in [0.5, 0.6) is 5.75 Å². The minimum absolute atomic E-state index is 0.112. The highest BCUT2D eigenvalue weighted by Gasteiger charge is 2.30. The van der Waals surface area contributed by atoms with E-state index in [9.17, 15) is 22.8 Å². The molecule has 0 atom stereocenters. The molecule has 0 aliphatic heterocycles. The Morgan fingerprint density at radius 3 is 2.64 bits per heavy atom. The minimum atomic E-state index is -4.47. The number of alkyl halides is 3. The van der Waals surface area contributed by atoms with Gasteiger partial charge in [-0.05, 0) is 29.8 Å². The van der Waals surface area contributed by atoms with E-state index in [-0.39, 0.29) is 23.4 Å². The fourth-order valence-electron chi connectivity index (χ4n) is 2.45. The van der Waals surface area contributed by atoms with Crippen molar-refractivity contribution in [3.63, 3.8) is 0 Å². The maximum absolute atomic E-state index is 12.8. The van der Waals surface area contributed by atoms with E-state index >= 15 is 0 Å². The molecule has 3 rings (SSSR count). The van der Waals surface area contributed by atoms with Gasteiger partial charge in [0.2, 0.25) is 0 Å². The molecule has 3 aromatic rings. The third kappa shape index (κ3) is 3.57. The molecular formula is C17H12F3NO4. The molecule has 8 heteroatoms. The number of aromatic nitrogens is 1. The number of halogens is 3. The quantitative estimate of drug-likeness (QED) is 0.534. The van der Waals surface area contributed by atoms with Crippen LogP contribution in [0, 0.1) is 0 Å². The lowest BCUT2D eigenvalue weighted by molar-refractivity contribution is -0.137. The molecule has 2 aromatic carbocycles. The van der Waals surface area contributed by atoms with Crippen LogP contribution in [0.3, 0.4) is 0 Å². The van der Waals surface area contributed by atoms with Gasteiger partial charge in [0, 0.05) is 13.0 Å². The second kappa shape index (κ2) is 6.12. The van der Waals surface area contributed by atoms with Crippen LogP contribution in [-0.4, -0.2) is 10.5 Å². The first-order chi connectivity index (χ1) is 11.7. The predicted octanol–water partition coefficient (Wildman–Crippen LogP) is 3.59. The molecule has 0 aliphatic carbocycles. The van der Waals surface area contributed by atoms with E-state index in [1.54, 1.807) is 0 Å². The molecule has 0 amide bonds. The normalized spacial score (nSPS) is 11.7. The number of carbonyl (C=O) groups excluding carboxylic acids is 1. The van der Waals surface area contributed by atoms with E-state index in [4.69, 9.17) is 9.15 Å². The number of hydrogen-bond donors (Lipinski definition) is 0. The van der Waals surface area contributed by atoms with Gasteiger partial charge in [0.1, 0.15) is 5.75 Å². The molecule has 0 aliphatic rings. The summed E-state index contributed by atoms with van der Waals surface area (Å²) in [6.07, 6.45) is -4.47. The Balaban J connectivity index is 2.02. The molecule has 0 N–H and O–H groups in total. The van der Waals surface area contributed by atoms with Crippen LogP contribution in [0.1, 0.15) is 18.1 Å². The lowest BCUT2D eigenvalue weighted by Crippen LogP contribution is -2.15. The summed E-state index contributed by atoms with van der Waals surface area (Å²) in [7, 11) is 0. The van der Waals surface area contributed by atoms with E-state index < -0.39 is 23.5 Å². The number of oxazole rings is 1. The average Bonchev–Trinajstić information content (AvgIpc) is 2.82. The first-order valence-corrected chi connectivity index (χ1v) is 7.22. The van der Waals surface area contributed by atoms with Crippen molar-refractivity contribution in [2.45, 2.75) is 19.6 Å². The number of carbonyl (C=O) groups is 1. The number of nitrogens with zero attached hydrogens (tertiary/aromatic N) is 1. The van der Waals surface area contributed by atoms with Gasteiger partial charge in [-0.1, -0.05) is 12.1 Å². The van der Waals surface area contributed by atoms with Crippen LogP contribution in [0.2, 0.25) is 0 Å². The van der Waals surface area contributed by atoms with E-state index in [1.165, 1.54) is 41.8 Å². The van der Waals surface area contributed by atoms with Crippen molar-refractivity contribution >= 4 is 17.1 Å². The standard InChI is InChI=1S/C17H12F3NO4/c1-10(22)24-13-5-6-15-14(8-13)21(16(23)25-15)9-11-3-2-4-12(7-11)17(18,19)20/h2-8H,9H2,1H3. The maximum Gasteiger partial charge on any atom is 0.420 e. The zero-order valence-electron chi connectivity index (χ0n) is 13.0. The van der Waals surface area contributed by atoms with Crippen molar-refractivity contribution in [3.8, 4) is 5.75 Å². The summed E-state index contributed by atoms with van der Waals surface area (Å²) >= 11 is 0. The van der Waals surface area contributed by atoms with E-state index in [1.807, 2.05) is 0 Å². The molecule has 1 heterocycles. The van der Waals surface area contributed by atoms with Crippen LogP contribution in [-0.2, 0) is 17.5 Å². The Kier molecular flexibility index (Phi) is 4.12. The van der Waals surface area contributed by atoms with Gasteiger partial charge in [-0.2, -0.15) is 13.2 Å².